The molecule has 0 spiro atoms. The molecule has 0 unspecified atom stereocenters. The Morgan fingerprint density at radius 1 is 1.12 bits per heavy atom. The Bertz CT molecular complexity index is 58.6. The summed E-state index contributed by atoms with van der Waals surface area (Å²) < 4.78 is 8.88. The summed E-state index contributed by atoms with van der Waals surface area (Å²) in [5.41, 5.74) is 0. The molecule has 0 fully saturated rings. The van der Waals surface area contributed by atoms with Crippen LogP contribution in [0.4, 0.5) is 0 Å². The minimum atomic E-state index is -4.64. The molecule has 0 atom stereocenters. The van der Waals surface area contributed by atoms with E-state index in [1.807, 2.05) is 0 Å². The van der Waals surface area contributed by atoms with Gasteiger partial charge in [-0.1, -0.05) is 0 Å². The van der Waals surface area contributed by atoms with Crippen LogP contribution in [0.15, 0.2) is 0 Å². The summed E-state index contributed by atoms with van der Waals surface area (Å²) in [4.78, 5) is 21.6. The first-order chi connectivity index (χ1) is 2.00. The van der Waals surface area contributed by atoms with Gasteiger partial charge in [0, 0.05) is 0 Å². The van der Waals surface area contributed by atoms with Gasteiger partial charge in [0.25, 0.3) is 0 Å². The summed E-state index contributed by atoms with van der Waals surface area (Å²) in [6.07, 6.45) is 0. The zero-order chi connectivity index (χ0) is 4.50. The molecule has 0 aromatic rings. The summed E-state index contributed by atoms with van der Waals surface area (Å²) in [5.74, 6) is 0. The Hall–Kier alpha value is 2.24. The molecule has 8 heavy (non-hydrogen) atoms. The molecule has 0 saturated carbocycles. The van der Waals surface area contributed by atoms with E-state index < -0.39 is 7.82 Å². The molecule has 5 nitrogen and oxygen atoms in total. The van der Waals surface area contributed by atoms with Gasteiger partial charge in [0.2, 0.25) is 0 Å². The Balaban J connectivity index is -0.0000000267. The molecule has 0 rings (SSSR count). The Kier molecular flexibility index (Phi) is 25.9. The van der Waals surface area contributed by atoms with Crippen molar-refractivity contribution in [2.45, 2.75) is 0 Å². The second kappa shape index (κ2) is 9.24. The third-order valence-corrected chi connectivity index (χ3v) is 0. The number of rotatable bonds is 0. The standard InChI is InChI=1S/Al.K.H3O4P.H2O.4H/c;;1-5(2,3)4;;;;;/h;;(H3,1,2,3,4);1H2;;;;. The van der Waals surface area contributed by atoms with Crippen LogP contribution >= 0.6 is 7.82 Å². The van der Waals surface area contributed by atoms with E-state index in [1.165, 1.54) is 0 Å². The van der Waals surface area contributed by atoms with Crippen LogP contribution in [0.5, 0.6) is 0 Å². The molecule has 5 N–H and O–H groups in total. The molecule has 0 radical (unpaired) electrons. The van der Waals surface area contributed by atoms with Crippen LogP contribution in [-0.2, 0) is 4.57 Å². The van der Waals surface area contributed by atoms with Gasteiger partial charge in [0.1, 0.15) is 0 Å². The van der Waals surface area contributed by atoms with E-state index in [0.29, 0.717) is 0 Å². The van der Waals surface area contributed by atoms with Crippen LogP contribution < -0.4 is 0 Å². The fraction of sp³-hybridized carbons (Fsp3) is 0. The summed E-state index contributed by atoms with van der Waals surface area (Å²) >= 11 is 0. The quantitative estimate of drug-likeness (QED) is 0.268. The van der Waals surface area contributed by atoms with E-state index >= 15 is 0 Å². The van der Waals surface area contributed by atoms with Gasteiger partial charge in [-0.25, -0.2) is 4.57 Å². The zero-order valence-corrected chi connectivity index (χ0v) is 3.59. The molecule has 0 aliphatic rings. The summed E-state index contributed by atoms with van der Waals surface area (Å²) in [6, 6.07) is 0. The number of hydrogen-bond acceptors (Lipinski definition) is 1. The second-order valence-corrected chi connectivity index (χ2v) is 1.54. The van der Waals surface area contributed by atoms with E-state index in [0.717, 1.165) is 0 Å². The van der Waals surface area contributed by atoms with Gasteiger partial charge in [0.05, 0.1) is 0 Å². The van der Waals surface area contributed by atoms with Crippen molar-refractivity contribution in [1.29, 1.82) is 0 Å². The van der Waals surface area contributed by atoms with Crippen molar-refractivity contribution in [3.05, 3.63) is 0 Å². The molecule has 0 aromatic carbocycles. The number of phosphoric acid groups is 1. The first kappa shape index (κ1) is 22.5. The first-order valence-electron chi connectivity index (χ1n) is 0.783. The topological polar surface area (TPSA) is 109 Å². The average molecular weight is 186 g/mol. The van der Waals surface area contributed by atoms with Crippen LogP contribution in [0.3, 0.4) is 0 Å². The van der Waals surface area contributed by atoms with Crippen molar-refractivity contribution < 1.29 is 24.7 Å². The fourth-order valence-electron chi connectivity index (χ4n) is 0. The molecule has 0 aliphatic heterocycles. The predicted molar refractivity (Wildman–Crippen MR) is 35.0 cm³/mol. The van der Waals surface area contributed by atoms with Crippen molar-refractivity contribution in [3.63, 3.8) is 0 Å². The van der Waals surface area contributed by atoms with Crippen molar-refractivity contribution in [2.75, 3.05) is 0 Å². The van der Waals surface area contributed by atoms with Crippen LogP contribution in [0.2, 0.25) is 0 Å². The molecule has 48 valence electrons. The third kappa shape index (κ3) is 86.1. The molecular weight excluding hydrogens is 177 g/mol. The van der Waals surface area contributed by atoms with E-state index in [2.05, 4.69) is 0 Å². The maximum atomic E-state index is 8.88. The van der Waals surface area contributed by atoms with Crippen molar-refractivity contribution in [3.8, 4) is 0 Å². The van der Waals surface area contributed by atoms with E-state index in [-0.39, 0.29) is 74.2 Å². The van der Waals surface area contributed by atoms with Gasteiger partial charge in [-0.2, -0.15) is 0 Å². The maximum absolute atomic E-state index is 8.88. The van der Waals surface area contributed by atoms with Crippen LogP contribution in [0.25, 0.3) is 0 Å². The third-order valence-electron chi connectivity index (χ3n) is 0. The van der Waals surface area contributed by atoms with Gasteiger partial charge >= 0.3 is 59.2 Å². The first-order valence-corrected chi connectivity index (χ1v) is 2.35. The minimum absolute atomic E-state index is 0. The average Bonchev–Trinajstić information content (AvgIpc) is 0.722. The molecule has 0 bridgehead atoms. The van der Waals surface area contributed by atoms with E-state index in [9.17, 15) is 0 Å². The second-order valence-electron chi connectivity index (χ2n) is 0.513. The van der Waals surface area contributed by atoms with Gasteiger partial charge in [-0.15, -0.1) is 0 Å². The van der Waals surface area contributed by atoms with Crippen LogP contribution in [0, 0.1) is 0 Å². The van der Waals surface area contributed by atoms with Gasteiger partial charge in [-0.3, -0.25) is 0 Å². The van der Waals surface area contributed by atoms with Crippen molar-refractivity contribution in [2.24, 2.45) is 0 Å². The molecule has 0 saturated heterocycles. The van der Waals surface area contributed by atoms with E-state index in [4.69, 9.17) is 19.2 Å². The van der Waals surface area contributed by atoms with Crippen molar-refractivity contribution in [1.82, 2.24) is 0 Å². The SMILES string of the molecule is O.O=P(O)(O)O.[AlH3].[KH]. The van der Waals surface area contributed by atoms with Gasteiger partial charge in [0.15, 0.2) is 17.4 Å². The predicted octanol–water partition coefficient (Wildman–Crippen LogP) is -3.59. The Labute approximate surface area is 99.6 Å². The normalized spacial score (nSPS) is 7.38. The summed E-state index contributed by atoms with van der Waals surface area (Å²) in [6.45, 7) is 0. The molecule has 0 aromatic heterocycles. The Morgan fingerprint density at radius 2 is 1.12 bits per heavy atom. The molecule has 8 heteroatoms. The van der Waals surface area contributed by atoms with E-state index in [1.54, 1.807) is 0 Å². The Morgan fingerprint density at radius 3 is 1.12 bits per heavy atom. The van der Waals surface area contributed by atoms with Crippen molar-refractivity contribution >= 4 is 76.6 Å². The van der Waals surface area contributed by atoms with Gasteiger partial charge < -0.3 is 20.2 Å². The van der Waals surface area contributed by atoms with Crippen LogP contribution in [-0.4, -0.2) is 88.9 Å². The number of hydrogen-bond donors (Lipinski definition) is 3. The molecule has 0 amide bonds. The molecular formula is H9AlKO5P. The fourth-order valence-corrected chi connectivity index (χ4v) is 0. The van der Waals surface area contributed by atoms with Gasteiger partial charge in [-0.05, 0) is 0 Å². The molecule has 0 aliphatic carbocycles. The summed E-state index contributed by atoms with van der Waals surface area (Å²) in [5, 5.41) is 0. The molecule has 0 heterocycles. The summed E-state index contributed by atoms with van der Waals surface area (Å²) in [7, 11) is -4.64. The zero-order valence-electron chi connectivity index (χ0n) is 2.70. The van der Waals surface area contributed by atoms with Crippen LogP contribution in [0.1, 0.15) is 0 Å². The monoisotopic (exact) mass is 186 g/mol.